The number of allylic oxidation sites excluding steroid dienone is 1. The Labute approximate surface area is 194 Å². The average molecular weight is 496 g/mol. The van der Waals surface area contributed by atoms with Crippen molar-refractivity contribution in [3.05, 3.63) is 58.3 Å². The van der Waals surface area contributed by atoms with Gasteiger partial charge in [-0.3, -0.25) is 4.57 Å². The summed E-state index contributed by atoms with van der Waals surface area (Å²) in [5.41, 5.74) is 2.00. The highest BCUT2D eigenvalue weighted by Gasteiger charge is 2.23. The summed E-state index contributed by atoms with van der Waals surface area (Å²) in [5, 5.41) is 18.9. The Balaban J connectivity index is 1.85. The number of benzene rings is 2. The number of nitriles is 1. The second-order valence-corrected chi connectivity index (χ2v) is 7.85. The van der Waals surface area contributed by atoms with Gasteiger partial charge in [0.2, 0.25) is 5.95 Å². The van der Waals surface area contributed by atoms with Crippen molar-refractivity contribution in [2.24, 2.45) is 0 Å². The van der Waals surface area contributed by atoms with E-state index in [2.05, 4.69) is 37.1 Å². The van der Waals surface area contributed by atoms with Gasteiger partial charge in [0.1, 0.15) is 6.07 Å². The van der Waals surface area contributed by atoms with Crippen LogP contribution in [0.4, 0.5) is 5.95 Å². The first-order valence-electron chi connectivity index (χ1n) is 10.0. The molecule has 0 unspecified atom stereocenters. The zero-order valence-corrected chi connectivity index (χ0v) is 19.4. The standard InChI is InChI=1S/C23H22BrN5O3/c1-30-20-13-16(19(24)14-21(20)31-2)12-17(15-25)22-26-27-23(28-8-10-32-11-9-28)29(22)18-6-4-3-5-7-18/h3-7,12-14H,8-11H2,1-2H3. The van der Waals surface area contributed by atoms with Crippen LogP contribution in [0, 0.1) is 11.3 Å². The van der Waals surface area contributed by atoms with Gasteiger partial charge < -0.3 is 19.1 Å². The van der Waals surface area contributed by atoms with Crippen molar-refractivity contribution in [3.63, 3.8) is 0 Å². The SMILES string of the molecule is COc1cc(Br)c(C=C(C#N)c2nnc(N3CCOCC3)n2-c2ccccc2)cc1OC. The highest BCUT2D eigenvalue weighted by molar-refractivity contribution is 9.10. The number of aromatic nitrogens is 3. The third-order valence-electron chi connectivity index (χ3n) is 5.12. The molecular weight excluding hydrogens is 474 g/mol. The maximum atomic E-state index is 10.0. The quantitative estimate of drug-likeness (QED) is 0.478. The Morgan fingerprint density at radius 3 is 2.44 bits per heavy atom. The molecular formula is C23H22BrN5O3. The van der Waals surface area contributed by atoms with Crippen LogP contribution >= 0.6 is 15.9 Å². The van der Waals surface area contributed by atoms with Gasteiger partial charge in [0.25, 0.3) is 0 Å². The predicted molar refractivity (Wildman–Crippen MR) is 125 cm³/mol. The molecule has 1 saturated heterocycles. The Morgan fingerprint density at radius 1 is 1.09 bits per heavy atom. The number of morpholine rings is 1. The molecule has 32 heavy (non-hydrogen) atoms. The maximum absolute atomic E-state index is 10.0. The van der Waals surface area contributed by atoms with E-state index in [4.69, 9.17) is 14.2 Å². The summed E-state index contributed by atoms with van der Waals surface area (Å²) >= 11 is 3.56. The largest absolute Gasteiger partial charge is 0.493 e. The number of hydrogen-bond donors (Lipinski definition) is 0. The summed E-state index contributed by atoms with van der Waals surface area (Å²) in [4.78, 5) is 2.12. The van der Waals surface area contributed by atoms with Crippen LogP contribution in [0.2, 0.25) is 0 Å². The first kappa shape index (κ1) is 21.9. The lowest BCUT2D eigenvalue weighted by Gasteiger charge is -2.28. The zero-order valence-electron chi connectivity index (χ0n) is 17.8. The second-order valence-electron chi connectivity index (χ2n) is 6.99. The van der Waals surface area contributed by atoms with Crippen molar-refractivity contribution < 1.29 is 14.2 Å². The number of nitrogens with zero attached hydrogens (tertiary/aromatic N) is 5. The summed E-state index contributed by atoms with van der Waals surface area (Å²) < 4.78 is 18.9. The van der Waals surface area contributed by atoms with Crippen molar-refractivity contribution in [3.8, 4) is 23.3 Å². The van der Waals surface area contributed by atoms with Crippen LogP contribution in [-0.4, -0.2) is 55.3 Å². The van der Waals surface area contributed by atoms with Gasteiger partial charge in [0, 0.05) is 17.6 Å². The van der Waals surface area contributed by atoms with E-state index in [0.717, 1.165) is 15.7 Å². The van der Waals surface area contributed by atoms with Crippen LogP contribution < -0.4 is 14.4 Å². The Morgan fingerprint density at radius 2 is 1.78 bits per heavy atom. The van der Waals surface area contributed by atoms with Gasteiger partial charge >= 0.3 is 0 Å². The van der Waals surface area contributed by atoms with Crippen LogP contribution in [0.3, 0.4) is 0 Å². The van der Waals surface area contributed by atoms with E-state index in [9.17, 15) is 5.26 Å². The van der Waals surface area contributed by atoms with Gasteiger partial charge in [-0.25, -0.2) is 0 Å². The molecule has 4 rings (SSSR count). The smallest absolute Gasteiger partial charge is 0.232 e. The molecule has 0 atom stereocenters. The van der Waals surface area contributed by atoms with E-state index < -0.39 is 0 Å². The van der Waals surface area contributed by atoms with E-state index in [-0.39, 0.29) is 0 Å². The minimum Gasteiger partial charge on any atom is -0.493 e. The molecule has 2 aromatic carbocycles. The molecule has 0 spiro atoms. The van der Waals surface area contributed by atoms with Crippen molar-refractivity contribution >= 4 is 33.5 Å². The van der Waals surface area contributed by atoms with Crippen LogP contribution in [0.5, 0.6) is 11.5 Å². The zero-order chi connectivity index (χ0) is 22.5. The van der Waals surface area contributed by atoms with Crippen LogP contribution in [0.1, 0.15) is 11.4 Å². The Hall–Kier alpha value is -3.35. The van der Waals surface area contributed by atoms with Gasteiger partial charge in [-0.2, -0.15) is 5.26 Å². The molecule has 1 fully saturated rings. The van der Waals surface area contributed by atoms with Gasteiger partial charge in [-0.05, 0) is 35.9 Å². The number of ether oxygens (including phenoxy) is 3. The molecule has 0 N–H and O–H groups in total. The van der Waals surface area contributed by atoms with Crippen molar-refractivity contribution in [2.45, 2.75) is 0 Å². The van der Waals surface area contributed by atoms with Crippen LogP contribution in [0.25, 0.3) is 17.3 Å². The Bertz CT molecular complexity index is 1160. The first-order valence-corrected chi connectivity index (χ1v) is 10.8. The molecule has 9 heteroatoms. The van der Waals surface area contributed by atoms with E-state index in [1.165, 1.54) is 0 Å². The highest BCUT2D eigenvalue weighted by Crippen LogP contribution is 2.35. The number of hydrogen-bond acceptors (Lipinski definition) is 7. The predicted octanol–water partition coefficient (Wildman–Crippen LogP) is 3.95. The highest BCUT2D eigenvalue weighted by atomic mass is 79.9. The normalized spacial score (nSPS) is 14.2. The molecule has 8 nitrogen and oxygen atoms in total. The fraction of sp³-hybridized carbons (Fsp3) is 0.261. The van der Waals surface area contributed by atoms with Crippen molar-refractivity contribution in [2.75, 3.05) is 45.4 Å². The van der Waals surface area contributed by atoms with Gasteiger partial charge in [-0.15, -0.1) is 10.2 Å². The van der Waals surface area contributed by atoms with E-state index >= 15 is 0 Å². The summed E-state index contributed by atoms with van der Waals surface area (Å²) in [7, 11) is 3.15. The van der Waals surface area contributed by atoms with Gasteiger partial charge in [0.05, 0.1) is 38.7 Å². The lowest BCUT2D eigenvalue weighted by atomic mass is 10.1. The third kappa shape index (κ3) is 4.33. The number of anilines is 1. The number of rotatable bonds is 6. The lowest BCUT2D eigenvalue weighted by molar-refractivity contribution is 0.122. The van der Waals surface area contributed by atoms with Gasteiger partial charge in [0.15, 0.2) is 17.3 Å². The summed E-state index contributed by atoms with van der Waals surface area (Å²) in [6.45, 7) is 2.66. The summed E-state index contributed by atoms with van der Waals surface area (Å²) in [6, 6.07) is 15.7. The number of para-hydroxylation sites is 1. The van der Waals surface area contributed by atoms with Crippen LogP contribution in [0.15, 0.2) is 46.9 Å². The summed E-state index contributed by atoms with van der Waals surface area (Å²) in [6.07, 6.45) is 1.76. The summed E-state index contributed by atoms with van der Waals surface area (Å²) in [5.74, 6) is 2.30. The number of halogens is 1. The maximum Gasteiger partial charge on any atom is 0.232 e. The average Bonchev–Trinajstić information content (AvgIpc) is 3.29. The van der Waals surface area contributed by atoms with E-state index in [0.29, 0.717) is 55.1 Å². The second kappa shape index (κ2) is 9.85. The lowest BCUT2D eigenvalue weighted by Crippen LogP contribution is -2.38. The molecule has 2 heterocycles. The molecule has 0 amide bonds. The van der Waals surface area contributed by atoms with Crippen molar-refractivity contribution in [1.82, 2.24) is 14.8 Å². The van der Waals surface area contributed by atoms with Crippen LogP contribution in [-0.2, 0) is 4.74 Å². The number of methoxy groups -OCH3 is 2. The molecule has 0 bridgehead atoms. The van der Waals surface area contributed by atoms with Gasteiger partial charge in [-0.1, -0.05) is 34.1 Å². The molecule has 0 radical (unpaired) electrons. The monoisotopic (exact) mass is 495 g/mol. The fourth-order valence-electron chi connectivity index (χ4n) is 3.52. The molecule has 1 aliphatic heterocycles. The minimum absolute atomic E-state index is 0.369. The first-order chi connectivity index (χ1) is 15.7. The van der Waals surface area contributed by atoms with E-state index in [1.54, 1.807) is 26.4 Å². The topological polar surface area (TPSA) is 85.4 Å². The molecule has 0 saturated carbocycles. The third-order valence-corrected chi connectivity index (χ3v) is 5.81. The molecule has 0 aliphatic carbocycles. The van der Waals surface area contributed by atoms with E-state index in [1.807, 2.05) is 41.0 Å². The van der Waals surface area contributed by atoms with Crippen molar-refractivity contribution in [1.29, 1.82) is 5.26 Å². The Kier molecular flexibility index (Phi) is 6.73. The molecule has 1 aliphatic rings. The fourth-order valence-corrected chi connectivity index (χ4v) is 3.95. The molecule has 1 aromatic heterocycles. The molecule has 164 valence electrons. The molecule has 3 aromatic rings. The minimum atomic E-state index is 0.369.